The van der Waals surface area contributed by atoms with Gasteiger partial charge in [0.1, 0.15) is 18.2 Å². The molecule has 0 aromatic carbocycles. The van der Waals surface area contributed by atoms with Crippen LogP contribution in [0.4, 0.5) is 17.5 Å². The molecule has 3 aromatic heterocycles. The Hall–Kier alpha value is -3.67. The van der Waals surface area contributed by atoms with E-state index >= 15 is 0 Å². The van der Waals surface area contributed by atoms with Crippen molar-refractivity contribution in [2.45, 2.75) is 25.8 Å². The van der Waals surface area contributed by atoms with E-state index in [1.54, 1.807) is 29.7 Å². The molecule has 0 spiro atoms. The summed E-state index contributed by atoms with van der Waals surface area (Å²) in [5.74, 6) is 1.28. The van der Waals surface area contributed by atoms with Gasteiger partial charge in [-0.15, -0.1) is 0 Å². The van der Waals surface area contributed by atoms with Crippen LogP contribution in [0.15, 0.2) is 24.4 Å². The lowest BCUT2D eigenvalue weighted by atomic mass is 10.1. The Labute approximate surface area is 161 Å². The highest BCUT2D eigenvalue weighted by Gasteiger charge is 2.19. The highest BCUT2D eigenvalue weighted by Crippen LogP contribution is 2.26. The van der Waals surface area contributed by atoms with Crippen LogP contribution in [0.3, 0.4) is 0 Å². The molecule has 3 N–H and O–H groups in total. The van der Waals surface area contributed by atoms with E-state index in [0.29, 0.717) is 29.7 Å². The van der Waals surface area contributed by atoms with Gasteiger partial charge in [-0.3, -0.25) is 9.48 Å². The number of anilines is 3. The van der Waals surface area contributed by atoms with Gasteiger partial charge in [0.25, 0.3) is 0 Å². The van der Waals surface area contributed by atoms with Gasteiger partial charge in [-0.1, -0.05) is 0 Å². The van der Waals surface area contributed by atoms with Crippen LogP contribution in [0.5, 0.6) is 0 Å². The zero-order valence-corrected chi connectivity index (χ0v) is 15.7. The van der Waals surface area contributed by atoms with E-state index in [9.17, 15) is 4.79 Å². The van der Waals surface area contributed by atoms with Crippen molar-refractivity contribution >= 4 is 34.1 Å². The average molecular weight is 376 g/mol. The standard InChI is InChI=1S/C19H20N8O/c1-11(8-20)15-5-12-6-16(22-9-14(12)19(21)23-15)24-17-7-13-3-4-26(2)18(28)10-27(13)25-17/h5-7,9,11H,3-4,10H2,1-2H3,(H2,21,23)(H,22,24,25). The lowest BCUT2D eigenvalue weighted by molar-refractivity contribution is -0.130. The first-order valence-electron chi connectivity index (χ1n) is 8.98. The summed E-state index contributed by atoms with van der Waals surface area (Å²) in [5.41, 5.74) is 7.65. The van der Waals surface area contributed by atoms with E-state index in [2.05, 4.69) is 26.5 Å². The van der Waals surface area contributed by atoms with Gasteiger partial charge in [0.15, 0.2) is 5.82 Å². The quantitative estimate of drug-likeness (QED) is 0.713. The van der Waals surface area contributed by atoms with Crippen molar-refractivity contribution in [1.29, 1.82) is 5.26 Å². The molecule has 1 aliphatic heterocycles. The molecule has 1 unspecified atom stereocenters. The van der Waals surface area contributed by atoms with Gasteiger partial charge in [-0.25, -0.2) is 9.97 Å². The number of hydrogen-bond donors (Lipinski definition) is 2. The summed E-state index contributed by atoms with van der Waals surface area (Å²) in [6, 6.07) is 7.81. The number of fused-ring (bicyclic) bond motifs is 2. The van der Waals surface area contributed by atoms with Crippen LogP contribution in [0.1, 0.15) is 24.2 Å². The molecule has 9 heteroatoms. The zero-order valence-electron chi connectivity index (χ0n) is 15.7. The highest BCUT2D eigenvalue weighted by molar-refractivity contribution is 5.92. The molecule has 142 valence electrons. The minimum atomic E-state index is -0.351. The summed E-state index contributed by atoms with van der Waals surface area (Å²) in [6.07, 6.45) is 2.40. The number of nitrogens with two attached hydrogens (primary N) is 1. The molecular formula is C19H20N8O. The molecule has 0 saturated heterocycles. The van der Waals surface area contributed by atoms with Crippen LogP contribution >= 0.6 is 0 Å². The van der Waals surface area contributed by atoms with Crippen molar-refractivity contribution in [1.82, 2.24) is 24.6 Å². The van der Waals surface area contributed by atoms with Crippen LogP contribution in [-0.2, 0) is 17.8 Å². The van der Waals surface area contributed by atoms with Crippen molar-refractivity contribution in [3.63, 3.8) is 0 Å². The maximum Gasteiger partial charge on any atom is 0.244 e. The Morgan fingerprint density at radius 3 is 2.93 bits per heavy atom. The summed E-state index contributed by atoms with van der Waals surface area (Å²) in [7, 11) is 1.80. The van der Waals surface area contributed by atoms with E-state index < -0.39 is 0 Å². The third-order valence-electron chi connectivity index (χ3n) is 4.94. The second kappa shape index (κ2) is 6.81. The van der Waals surface area contributed by atoms with Crippen molar-refractivity contribution in [2.24, 2.45) is 0 Å². The molecule has 0 fully saturated rings. The Balaban J connectivity index is 1.64. The number of amides is 1. The van der Waals surface area contributed by atoms with E-state index in [1.807, 2.05) is 18.2 Å². The number of pyridine rings is 2. The fourth-order valence-corrected chi connectivity index (χ4v) is 3.19. The number of nitrogens with one attached hydrogen (secondary N) is 1. The molecule has 9 nitrogen and oxygen atoms in total. The van der Waals surface area contributed by atoms with Crippen LogP contribution in [0.25, 0.3) is 10.8 Å². The molecule has 3 aromatic rings. The highest BCUT2D eigenvalue weighted by atomic mass is 16.2. The third kappa shape index (κ3) is 3.20. The third-order valence-corrected chi connectivity index (χ3v) is 4.94. The van der Waals surface area contributed by atoms with Gasteiger partial charge in [-0.2, -0.15) is 10.4 Å². The molecule has 28 heavy (non-hydrogen) atoms. The SMILES string of the molecule is CC(C#N)c1cc2cc(Nc3cc4n(n3)CC(=O)N(C)CC4)ncc2c(N)n1. The molecule has 0 saturated carbocycles. The number of hydrogen-bond acceptors (Lipinski definition) is 7. The Morgan fingerprint density at radius 1 is 1.32 bits per heavy atom. The molecule has 0 radical (unpaired) electrons. The number of likely N-dealkylation sites (N-methyl/N-ethyl adjacent to an activating group) is 1. The fourth-order valence-electron chi connectivity index (χ4n) is 3.19. The van der Waals surface area contributed by atoms with Gasteiger partial charge >= 0.3 is 0 Å². The van der Waals surface area contributed by atoms with E-state index in [-0.39, 0.29) is 18.4 Å². The molecule has 1 aliphatic rings. The first-order valence-corrected chi connectivity index (χ1v) is 8.98. The molecule has 1 atom stereocenters. The van der Waals surface area contributed by atoms with E-state index in [1.165, 1.54) is 0 Å². The van der Waals surface area contributed by atoms with E-state index in [0.717, 1.165) is 22.9 Å². The summed E-state index contributed by atoms with van der Waals surface area (Å²) < 4.78 is 1.73. The first kappa shape index (κ1) is 17.7. The van der Waals surface area contributed by atoms with Crippen LogP contribution in [0, 0.1) is 11.3 Å². The van der Waals surface area contributed by atoms with Gasteiger partial charge in [-0.05, 0) is 24.4 Å². The van der Waals surface area contributed by atoms with Crippen LogP contribution in [-0.4, -0.2) is 44.1 Å². The smallest absolute Gasteiger partial charge is 0.244 e. The number of rotatable bonds is 3. The molecule has 4 rings (SSSR count). The molecule has 4 heterocycles. The topological polar surface area (TPSA) is 126 Å². The van der Waals surface area contributed by atoms with Crippen LogP contribution < -0.4 is 11.1 Å². The molecule has 0 bridgehead atoms. The number of nitrogens with zero attached hydrogens (tertiary/aromatic N) is 6. The monoisotopic (exact) mass is 376 g/mol. The second-order valence-electron chi connectivity index (χ2n) is 6.94. The van der Waals surface area contributed by atoms with Crippen molar-refractivity contribution in [3.8, 4) is 6.07 Å². The average Bonchev–Trinajstić information content (AvgIpc) is 3.00. The predicted octanol–water partition coefficient (Wildman–Crippen LogP) is 1.79. The Kier molecular flexibility index (Phi) is 4.31. The summed E-state index contributed by atoms with van der Waals surface area (Å²) in [5, 5.41) is 18.4. The minimum Gasteiger partial charge on any atom is -0.383 e. The Morgan fingerprint density at radius 2 is 2.14 bits per heavy atom. The molecule has 0 aliphatic carbocycles. The normalized spacial score (nSPS) is 15.0. The summed E-state index contributed by atoms with van der Waals surface area (Å²) in [6.45, 7) is 2.69. The van der Waals surface area contributed by atoms with Crippen molar-refractivity contribution in [3.05, 3.63) is 35.8 Å². The number of aromatic nitrogens is 4. The number of carbonyl (C=O) groups is 1. The second-order valence-corrected chi connectivity index (χ2v) is 6.94. The lowest BCUT2D eigenvalue weighted by Gasteiger charge is -2.12. The minimum absolute atomic E-state index is 0.0411. The molecule has 1 amide bonds. The van der Waals surface area contributed by atoms with Crippen LogP contribution in [0.2, 0.25) is 0 Å². The van der Waals surface area contributed by atoms with Crippen molar-refractivity contribution < 1.29 is 4.79 Å². The van der Waals surface area contributed by atoms with E-state index in [4.69, 9.17) is 11.0 Å². The maximum absolute atomic E-state index is 12.0. The van der Waals surface area contributed by atoms with Crippen molar-refractivity contribution in [2.75, 3.05) is 24.6 Å². The first-order chi connectivity index (χ1) is 13.4. The fraction of sp³-hybridized carbons (Fsp3) is 0.316. The lowest BCUT2D eigenvalue weighted by Crippen LogP contribution is -2.29. The molecular weight excluding hydrogens is 356 g/mol. The van der Waals surface area contributed by atoms with Gasteiger partial charge < -0.3 is 16.0 Å². The zero-order chi connectivity index (χ0) is 19.8. The van der Waals surface area contributed by atoms with Gasteiger partial charge in [0.2, 0.25) is 5.91 Å². The number of nitrogen functional groups attached to an aromatic ring is 1. The van der Waals surface area contributed by atoms with Gasteiger partial charge in [0, 0.05) is 43.4 Å². The summed E-state index contributed by atoms with van der Waals surface area (Å²) in [4.78, 5) is 22.4. The maximum atomic E-state index is 12.0. The Bertz CT molecular complexity index is 1110. The number of nitriles is 1. The predicted molar refractivity (Wildman–Crippen MR) is 105 cm³/mol. The summed E-state index contributed by atoms with van der Waals surface area (Å²) >= 11 is 0. The largest absolute Gasteiger partial charge is 0.383 e. The van der Waals surface area contributed by atoms with Gasteiger partial charge in [0.05, 0.1) is 17.7 Å². The number of carbonyl (C=O) groups excluding carboxylic acids is 1.